The smallest absolute Gasteiger partial charge is 0.307 e. The Hall–Kier alpha value is -1.68. The summed E-state index contributed by atoms with van der Waals surface area (Å²) in [5.74, 6) is -0.220. The van der Waals surface area contributed by atoms with Crippen LogP contribution in [0, 0.1) is 6.92 Å². The molecule has 1 heterocycles. The first-order valence-corrected chi connectivity index (χ1v) is 5.87. The topological polar surface area (TPSA) is 51.5 Å². The van der Waals surface area contributed by atoms with Gasteiger partial charge in [0.25, 0.3) is 0 Å². The second-order valence-electron chi connectivity index (χ2n) is 4.17. The number of ether oxygens (including phenoxy) is 1. The average Bonchev–Trinajstić information content (AvgIpc) is 2.56. The number of aromatic nitrogens is 1. The van der Waals surface area contributed by atoms with Crippen LogP contribution in [0.2, 0.25) is 5.02 Å². The standard InChI is InChI=1S/C13H14ClNO3/c1-7-8(6-11(16)17)12-10(18-3)5-4-9(14)13(12)15(7)2/h4-5H,6H2,1-3H3,(H,16,17). The van der Waals surface area contributed by atoms with Crippen LogP contribution in [0.5, 0.6) is 5.75 Å². The number of aliphatic carboxylic acids is 1. The van der Waals surface area contributed by atoms with Crippen molar-refractivity contribution in [3.05, 3.63) is 28.4 Å². The molecule has 1 N–H and O–H groups in total. The van der Waals surface area contributed by atoms with Crippen LogP contribution >= 0.6 is 11.6 Å². The number of rotatable bonds is 3. The van der Waals surface area contributed by atoms with Gasteiger partial charge in [-0.3, -0.25) is 4.79 Å². The number of fused-ring (bicyclic) bond motifs is 1. The van der Waals surface area contributed by atoms with E-state index >= 15 is 0 Å². The third-order valence-electron chi connectivity index (χ3n) is 3.22. The van der Waals surface area contributed by atoms with E-state index in [9.17, 15) is 4.79 Å². The van der Waals surface area contributed by atoms with Crippen molar-refractivity contribution in [3.63, 3.8) is 0 Å². The molecule has 0 aliphatic rings. The van der Waals surface area contributed by atoms with Crippen LogP contribution in [0.25, 0.3) is 10.9 Å². The molecule has 1 aromatic carbocycles. The van der Waals surface area contributed by atoms with Crippen molar-refractivity contribution in [2.24, 2.45) is 7.05 Å². The number of hydrogen-bond donors (Lipinski definition) is 1. The van der Waals surface area contributed by atoms with Crippen LogP contribution in [-0.4, -0.2) is 22.8 Å². The van der Waals surface area contributed by atoms with E-state index in [0.717, 1.165) is 22.2 Å². The molecule has 2 rings (SSSR count). The molecule has 2 aromatic rings. The molecule has 96 valence electrons. The maximum absolute atomic E-state index is 11.0. The van der Waals surface area contributed by atoms with E-state index in [1.807, 2.05) is 18.5 Å². The Bertz CT molecular complexity index is 631. The molecule has 0 aliphatic heterocycles. The Morgan fingerprint density at radius 3 is 2.72 bits per heavy atom. The lowest BCUT2D eigenvalue weighted by Gasteiger charge is -2.05. The zero-order valence-electron chi connectivity index (χ0n) is 10.5. The van der Waals surface area contributed by atoms with Crippen LogP contribution in [-0.2, 0) is 18.3 Å². The van der Waals surface area contributed by atoms with E-state index in [4.69, 9.17) is 21.4 Å². The van der Waals surface area contributed by atoms with Crippen molar-refractivity contribution in [1.29, 1.82) is 0 Å². The average molecular weight is 268 g/mol. The lowest BCUT2D eigenvalue weighted by molar-refractivity contribution is -0.136. The summed E-state index contributed by atoms with van der Waals surface area (Å²) in [5, 5.41) is 10.4. The Morgan fingerprint density at radius 1 is 1.50 bits per heavy atom. The van der Waals surface area contributed by atoms with Gasteiger partial charge in [-0.05, 0) is 24.6 Å². The molecule has 1 aromatic heterocycles. The Balaban J connectivity index is 2.88. The summed E-state index contributed by atoms with van der Waals surface area (Å²) in [4.78, 5) is 11.0. The molecular weight excluding hydrogens is 254 g/mol. The van der Waals surface area contributed by atoms with Gasteiger partial charge in [-0.2, -0.15) is 0 Å². The van der Waals surface area contributed by atoms with Crippen LogP contribution in [0.1, 0.15) is 11.3 Å². The first-order chi connectivity index (χ1) is 8.47. The fourth-order valence-electron chi connectivity index (χ4n) is 2.26. The van der Waals surface area contributed by atoms with Crippen molar-refractivity contribution in [2.75, 3.05) is 7.11 Å². The van der Waals surface area contributed by atoms with E-state index in [-0.39, 0.29) is 6.42 Å². The zero-order chi connectivity index (χ0) is 13.4. The molecule has 0 radical (unpaired) electrons. The normalized spacial score (nSPS) is 10.9. The van der Waals surface area contributed by atoms with Gasteiger partial charge in [0.05, 0.1) is 24.1 Å². The molecule has 0 bridgehead atoms. The van der Waals surface area contributed by atoms with Gasteiger partial charge in [-0.15, -0.1) is 0 Å². The summed E-state index contributed by atoms with van der Waals surface area (Å²) >= 11 is 6.19. The van der Waals surface area contributed by atoms with E-state index in [2.05, 4.69) is 0 Å². The van der Waals surface area contributed by atoms with E-state index in [1.165, 1.54) is 0 Å². The SMILES string of the molecule is COc1ccc(Cl)c2c1c(CC(=O)O)c(C)n2C. The maximum Gasteiger partial charge on any atom is 0.307 e. The first kappa shape index (κ1) is 12.8. The highest BCUT2D eigenvalue weighted by Crippen LogP contribution is 2.37. The van der Waals surface area contributed by atoms with Gasteiger partial charge in [0.1, 0.15) is 5.75 Å². The lowest BCUT2D eigenvalue weighted by Crippen LogP contribution is -2.02. The second-order valence-corrected chi connectivity index (χ2v) is 4.57. The predicted molar refractivity (Wildman–Crippen MR) is 70.6 cm³/mol. The second kappa shape index (κ2) is 4.53. The molecule has 0 saturated carbocycles. The summed E-state index contributed by atoms with van der Waals surface area (Å²) in [6.07, 6.45) is -0.0418. The Kier molecular flexibility index (Phi) is 3.22. The van der Waals surface area contributed by atoms with Crippen molar-refractivity contribution < 1.29 is 14.6 Å². The van der Waals surface area contributed by atoms with Gasteiger partial charge in [0.15, 0.2) is 0 Å². The zero-order valence-corrected chi connectivity index (χ0v) is 11.2. The van der Waals surface area contributed by atoms with Gasteiger partial charge in [0.2, 0.25) is 0 Å². The van der Waals surface area contributed by atoms with E-state index in [1.54, 1.807) is 19.2 Å². The summed E-state index contributed by atoms with van der Waals surface area (Å²) in [5.41, 5.74) is 2.45. The first-order valence-electron chi connectivity index (χ1n) is 5.49. The lowest BCUT2D eigenvalue weighted by atomic mass is 10.1. The predicted octanol–water partition coefficient (Wildman–Crippen LogP) is 2.78. The van der Waals surface area contributed by atoms with Crippen molar-refractivity contribution >= 4 is 28.5 Å². The van der Waals surface area contributed by atoms with E-state index in [0.29, 0.717) is 10.8 Å². The van der Waals surface area contributed by atoms with Gasteiger partial charge in [0, 0.05) is 18.1 Å². The highest BCUT2D eigenvalue weighted by atomic mass is 35.5. The molecule has 0 fully saturated rings. The molecule has 0 aliphatic carbocycles. The van der Waals surface area contributed by atoms with Gasteiger partial charge in [-0.1, -0.05) is 11.6 Å². The number of halogens is 1. The van der Waals surface area contributed by atoms with Gasteiger partial charge in [-0.25, -0.2) is 0 Å². The quantitative estimate of drug-likeness (QED) is 0.930. The van der Waals surface area contributed by atoms with Crippen molar-refractivity contribution in [3.8, 4) is 5.75 Å². The number of benzene rings is 1. The van der Waals surface area contributed by atoms with Crippen LogP contribution in [0.4, 0.5) is 0 Å². The summed E-state index contributed by atoms with van der Waals surface area (Å²) in [7, 11) is 3.43. The third kappa shape index (κ3) is 1.82. The summed E-state index contributed by atoms with van der Waals surface area (Å²) < 4.78 is 7.21. The number of nitrogens with zero attached hydrogens (tertiary/aromatic N) is 1. The largest absolute Gasteiger partial charge is 0.496 e. The summed E-state index contributed by atoms with van der Waals surface area (Å²) in [6, 6.07) is 3.52. The highest BCUT2D eigenvalue weighted by Gasteiger charge is 2.19. The maximum atomic E-state index is 11.0. The monoisotopic (exact) mass is 267 g/mol. The van der Waals surface area contributed by atoms with Crippen LogP contribution in [0.15, 0.2) is 12.1 Å². The minimum Gasteiger partial charge on any atom is -0.496 e. The molecule has 5 heteroatoms. The molecule has 4 nitrogen and oxygen atoms in total. The fourth-order valence-corrected chi connectivity index (χ4v) is 2.54. The molecule has 0 saturated heterocycles. The molecule has 0 spiro atoms. The number of aryl methyl sites for hydroxylation is 1. The van der Waals surface area contributed by atoms with Crippen molar-refractivity contribution in [1.82, 2.24) is 4.57 Å². The molecular formula is C13H14ClNO3. The Morgan fingerprint density at radius 2 is 2.17 bits per heavy atom. The molecule has 18 heavy (non-hydrogen) atoms. The van der Waals surface area contributed by atoms with Gasteiger partial charge < -0.3 is 14.4 Å². The molecule has 0 atom stereocenters. The minimum atomic E-state index is -0.868. The van der Waals surface area contributed by atoms with Crippen molar-refractivity contribution in [2.45, 2.75) is 13.3 Å². The number of hydrogen-bond acceptors (Lipinski definition) is 2. The summed E-state index contributed by atoms with van der Waals surface area (Å²) in [6.45, 7) is 1.88. The highest BCUT2D eigenvalue weighted by molar-refractivity contribution is 6.35. The molecule has 0 amide bonds. The Labute approximate surface area is 110 Å². The van der Waals surface area contributed by atoms with Crippen LogP contribution in [0.3, 0.4) is 0 Å². The van der Waals surface area contributed by atoms with Gasteiger partial charge >= 0.3 is 5.97 Å². The number of methoxy groups -OCH3 is 1. The fraction of sp³-hybridized carbons (Fsp3) is 0.308. The number of carbonyl (C=O) groups is 1. The number of carboxylic acids is 1. The minimum absolute atomic E-state index is 0.0418. The number of carboxylic acid groups (broad SMARTS) is 1. The van der Waals surface area contributed by atoms with E-state index < -0.39 is 5.97 Å². The molecule has 0 unspecified atom stereocenters. The van der Waals surface area contributed by atoms with Crippen LogP contribution < -0.4 is 4.74 Å². The third-order valence-corrected chi connectivity index (χ3v) is 3.52.